The fraction of sp³-hybridized carbons (Fsp3) is 0.375. The highest BCUT2D eigenvalue weighted by atomic mass is 16.5. The average molecular weight is 331 g/mol. The van der Waals surface area contributed by atoms with E-state index in [1.165, 1.54) is 18.8 Å². The van der Waals surface area contributed by atoms with E-state index < -0.39 is 11.9 Å². The van der Waals surface area contributed by atoms with Crippen molar-refractivity contribution in [3.05, 3.63) is 28.3 Å². The standard InChI is InChI=1S/C16H17N3O5/c1-8-17-10-7-13(24-3)12(23-2)6-9(10)16(22)19(8)11-4-5-14(20)18-15(11)21/h6-7,11H,4-5H2,1-3H3,(H,18,20,21)/t11-/m1/s1. The van der Waals surface area contributed by atoms with Crippen molar-refractivity contribution in [1.29, 1.82) is 0 Å². The first kappa shape index (κ1) is 16.0. The maximum absolute atomic E-state index is 12.9. The van der Waals surface area contributed by atoms with Gasteiger partial charge in [-0.25, -0.2) is 4.98 Å². The number of methoxy groups -OCH3 is 2. The Balaban J connectivity index is 2.21. The maximum Gasteiger partial charge on any atom is 0.262 e. The largest absolute Gasteiger partial charge is 0.493 e. The smallest absolute Gasteiger partial charge is 0.262 e. The summed E-state index contributed by atoms with van der Waals surface area (Å²) in [6.45, 7) is 1.65. The van der Waals surface area contributed by atoms with Gasteiger partial charge < -0.3 is 9.47 Å². The molecule has 1 aliphatic heterocycles. The number of hydrogen-bond acceptors (Lipinski definition) is 6. The quantitative estimate of drug-likeness (QED) is 0.831. The number of rotatable bonds is 3. The van der Waals surface area contributed by atoms with E-state index in [2.05, 4.69) is 10.3 Å². The zero-order valence-electron chi connectivity index (χ0n) is 13.6. The number of carbonyl (C=O) groups is 2. The lowest BCUT2D eigenvalue weighted by atomic mass is 10.1. The number of carbonyl (C=O) groups excluding carboxylic acids is 2. The highest BCUT2D eigenvalue weighted by Crippen LogP contribution is 2.30. The topological polar surface area (TPSA) is 99.5 Å². The van der Waals surface area contributed by atoms with Crippen molar-refractivity contribution in [3.63, 3.8) is 0 Å². The lowest BCUT2D eigenvalue weighted by Crippen LogP contribution is -2.45. The maximum atomic E-state index is 12.9. The van der Waals surface area contributed by atoms with Crippen LogP contribution in [0.4, 0.5) is 0 Å². The van der Waals surface area contributed by atoms with Gasteiger partial charge in [-0.3, -0.25) is 24.3 Å². The van der Waals surface area contributed by atoms with Gasteiger partial charge in [0, 0.05) is 12.5 Å². The van der Waals surface area contributed by atoms with Crippen LogP contribution in [0.1, 0.15) is 24.7 Å². The van der Waals surface area contributed by atoms with Gasteiger partial charge in [0.2, 0.25) is 11.8 Å². The van der Waals surface area contributed by atoms with Crippen LogP contribution in [0.3, 0.4) is 0 Å². The van der Waals surface area contributed by atoms with E-state index in [0.29, 0.717) is 28.2 Å². The molecule has 0 spiro atoms. The van der Waals surface area contributed by atoms with Crippen LogP contribution in [-0.2, 0) is 9.59 Å². The van der Waals surface area contributed by atoms with Crippen LogP contribution < -0.4 is 20.3 Å². The van der Waals surface area contributed by atoms with E-state index in [0.717, 1.165) is 0 Å². The van der Waals surface area contributed by atoms with Crippen LogP contribution in [0.15, 0.2) is 16.9 Å². The number of nitrogens with one attached hydrogen (secondary N) is 1. The normalized spacial score (nSPS) is 17.7. The van der Waals surface area contributed by atoms with Gasteiger partial charge in [-0.15, -0.1) is 0 Å². The Morgan fingerprint density at radius 3 is 2.46 bits per heavy atom. The number of hydrogen-bond donors (Lipinski definition) is 1. The van der Waals surface area contributed by atoms with Gasteiger partial charge in [-0.1, -0.05) is 0 Å². The molecule has 24 heavy (non-hydrogen) atoms. The molecule has 0 radical (unpaired) electrons. The molecule has 1 atom stereocenters. The number of nitrogens with zero attached hydrogens (tertiary/aromatic N) is 2. The van der Waals surface area contributed by atoms with E-state index in [1.54, 1.807) is 19.1 Å². The molecule has 2 heterocycles. The molecule has 1 saturated heterocycles. The van der Waals surface area contributed by atoms with Gasteiger partial charge in [0.1, 0.15) is 11.9 Å². The predicted molar refractivity (Wildman–Crippen MR) is 85.3 cm³/mol. The average Bonchev–Trinajstić information content (AvgIpc) is 2.55. The first-order chi connectivity index (χ1) is 11.5. The zero-order chi connectivity index (χ0) is 17.4. The molecule has 2 amide bonds. The molecular formula is C16H17N3O5. The molecule has 2 aromatic rings. The third kappa shape index (κ3) is 2.49. The number of fused-ring (bicyclic) bond motifs is 1. The summed E-state index contributed by atoms with van der Waals surface area (Å²) in [5.41, 5.74) is 0.103. The van der Waals surface area contributed by atoms with Crippen molar-refractivity contribution in [2.45, 2.75) is 25.8 Å². The summed E-state index contributed by atoms with van der Waals surface area (Å²) >= 11 is 0. The Bertz CT molecular complexity index is 903. The number of benzene rings is 1. The lowest BCUT2D eigenvalue weighted by Gasteiger charge is -2.24. The van der Waals surface area contributed by atoms with Gasteiger partial charge in [0.25, 0.3) is 5.56 Å². The van der Waals surface area contributed by atoms with Crippen LogP contribution in [-0.4, -0.2) is 35.6 Å². The van der Waals surface area contributed by atoms with E-state index in [9.17, 15) is 14.4 Å². The minimum absolute atomic E-state index is 0.187. The number of aryl methyl sites for hydroxylation is 1. The molecule has 0 bridgehead atoms. The molecule has 1 aromatic carbocycles. The second-order valence-corrected chi connectivity index (χ2v) is 5.53. The van der Waals surface area contributed by atoms with Gasteiger partial charge >= 0.3 is 0 Å². The number of imide groups is 1. The highest BCUT2D eigenvalue weighted by Gasteiger charge is 2.30. The summed E-state index contributed by atoms with van der Waals surface area (Å²) < 4.78 is 11.8. The van der Waals surface area contributed by atoms with Gasteiger partial charge in [0.15, 0.2) is 11.5 Å². The lowest BCUT2D eigenvalue weighted by molar-refractivity contribution is -0.135. The Kier molecular flexibility index (Phi) is 3.96. The fourth-order valence-electron chi connectivity index (χ4n) is 2.93. The third-order valence-electron chi connectivity index (χ3n) is 4.10. The fourth-order valence-corrected chi connectivity index (χ4v) is 2.93. The second-order valence-electron chi connectivity index (χ2n) is 5.53. The van der Waals surface area contributed by atoms with Crippen molar-refractivity contribution in [2.75, 3.05) is 14.2 Å². The Morgan fingerprint density at radius 2 is 1.83 bits per heavy atom. The van der Waals surface area contributed by atoms with E-state index in [1.807, 2.05) is 0 Å². The van der Waals surface area contributed by atoms with Crippen molar-refractivity contribution >= 4 is 22.7 Å². The van der Waals surface area contributed by atoms with Crippen molar-refractivity contribution in [2.24, 2.45) is 0 Å². The minimum Gasteiger partial charge on any atom is -0.493 e. The Hall–Kier alpha value is -2.90. The number of aromatic nitrogens is 2. The summed E-state index contributed by atoms with van der Waals surface area (Å²) in [6.07, 6.45) is 0.456. The number of ether oxygens (including phenoxy) is 2. The summed E-state index contributed by atoms with van der Waals surface area (Å²) in [6, 6.07) is 2.42. The molecule has 1 aliphatic rings. The summed E-state index contributed by atoms with van der Waals surface area (Å²) in [5, 5.41) is 2.58. The molecule has 8 heteroatoms. The van der Waals surface area contributed by atoms with E-state index in [-0.39, 0.29) is 24.3 Å². The SMILES string of the molecule is COc1cc2nc(C)n([C@@H]3CCC(=O)NC3=O)c(=O)c2cc1OC. The van der Waals surface area contributed by atoms with Gasteiger partial charge in [0.05, 0.1) is 25.1 Å². The van der Waals surface area contributed by atoms with Crippen LogP contribution in [0, 0.1) is 6.92 Å². The van der Waals surface area contributed by atoms with Crippen LogP contribution in [0.5, 0.6) is 11.5 Å². The molecule has 1 aromatic heterocycles. The third-order valence-corrected chi connectivity index (χ3v) is 4.10. The minimum atomic E-state index is -0.750. The second kappa shape index (κ2) is 5.95. The van der Waals surface area contributed by atoms with Crippen LogP contribution in [0.2, 0.25) is 0 Å². The number of amides is 2. The first-order valence-electron chi connectivity index (χ1n) is 7.44. The van der Waals surface area contributed by atoms with Crippen LogP contribution in [0.25, 0.3) is 10.9 Å². The molecule has 0 aliphatic carbocycles. The molecular weight excluding hydrogens is 314 g/mol. The zero-order valence-corrected chi connectivity index (χ0v) is 13.6. The molecule has 1 N–H and O–H groups in total. The van der Waals surface area contributed by atoms with Crippen molar-refractivity contribution < 1.29 is 19.1 Å². The summed E-state index contributed by atoms with van der Waals surface area (Å²) in [4.78, 5) is 40.7. The molecule has 8 nitrogen and oxygen atoms in total. The van der Waals surface area contributed by atoms with Gasteiger partial charge in [-0.05, 0) is 19.4 Å². The van der Waals surface area contributed by atoms with Crippen molar-refractivity contribution in [3.8, 4) is 11.5 Å². The highest BCUT2D eigenvalue weighted by molar-refractivity contribution is 5.99. The Labute approximate surface area is 137 Å². The summed E-state index contributed by atoms with van der Waals surface area (Å²) in [5.74, 6) is 0.451. The first-order valence-corrected chi connectivity index (χ1v) is 7.44. The molecule has 0 unspecified atom stereocenters. The summed E-state index contributed by atoms with van der Waals surface area (Å²) in [7, 11) is 2.98. The number of piperidine rings is 1. The Morgan fingerprint density at radius 1 is 1.17 bits per heavy atom. The monoisotopic (exact) mass is 331 g/mol. The van der Waals surface area contributed by atoms with E-state index in [4.69, 9.17) is 9.47 Å². The van der Waals surface area contributed by atoms with Gasteiger partial charge in [-0.2, -0.15) is 0 Å². The van der Waals surface area contributed by atoms with E-state index >= 15 is 0 Å². The molecule has 126 valence electrons. The van der Waals surface area contributed by atoms with Crippen LogP contribution >= 0.6 is 0 Å². The van der Waals surface area contributed by atoms with Crippen molar-refractivity contribution in [1.82, 2.24) is 14.9 Å². The molecule has 0 saturated carbocycles. The molecule has 1 fully saturated rings. The predicted octanol–water partition coefficient (Wildman–Crippen LogP) is 0.700. The molecule has 3 rings (SSSR count).